The van der Waals surface area contributed by atoms with Crippen molar-refractivity contribution in [1.29, 1.82) is 0 Å². The molecule has 0 unspecified atom stereocenters. The Bertz CT molecular complexity index is 1070. The van der Waals surface area contributed by atoms with Crippen LogP contribution in [0.4, 0.5) is 0 Å². The Kier molecular flexibility index (Phi) is 1.77. The summed E-state index contributed by atoms with van der Waals surface area (Å²) in [7, 11) is 1.23. The van der Waals surface area contributed by atoms with E-state index in [4.69, 9.17) is 12.3 Å². The third-order valence-corrected chi connectivity index (χ3v) is 2.82. The largest absolute Gasteiger partial charge is 0.332 e. The summed E-state index contributed by atoms with van der Waals surface area (Å²) in [5, 5.41) is 0. The molecule has 0 fully saturated rings. The van der Waals surface area contributed by atoms with Crippen LogP contribution >= 0.6 is 0 Å². The number of hydrogen-bond acceptors (Lipinski definition) is 4. The van der Waals surface area contributed by atoms with Crippen LogP contribution in [0.25, 0.3) is 11.2 Å². The third-order valence-electron chi connectivity index (χ3n) is 2.82. The minimum absolute atomic E-state index is 0.245. The van der Waals surface area contributed by atoms with Gasteiger partial charge >= 0.3 is 5.69 Å². The van der Waals surface area contributed by atoms with E-state index in [2.05, 4.69) is 4.98 Å². The number of nitrogens with zero attached hydrogens (tertiary/aromatic N) is 4. The summed E-state index contributed by atoms with van der Waals surface area (Å²) in [6.07, 6.45) is -4.24. The van der Waals surface area contributed by atoms with Crippen LogP contribution in [0.15, 0.2) is 15.9 Å². The Morgan fingerprint density at radius 2 is 2.30 bits per heavy atom. The highest BCUT2D eigenvalue weighted by atomic mass is 16.2. The molecular formula is C13H18N4O3. The Labute approximate surface area is 128 Å². The molecule has 0 spiro atoms. The maximum absolute atomic E-state index is 12.7. The molecule has 0 N–H and O–H groups in total. The average Bonchev–Trinajstić information content (AvgIpc) is 2.92. The summed E-state index contributed by atoms with van der Waals surface area (Å²) >= 11 is 0. The topological polar surface area (TPSA) is 78.9 Å². The van der Waals surface area contributed by atoms with E-state index in [0.29, 0.717) is 9.13 Å². The molecule has 0 radical (unpaired) electrons. The second kappa shape index (κ2) is 5.44. The van der Waals surface area contributed by atoms with Gasteiger partial charge in [0.05, 0.1) is 6.30 Å². The quantitative estimate of drug-likeness (QED) is 0.786. The normalized spacial score (nSPS) is 19.8. The molecule has 20 heavy (non-hydrogen) atoms. The molecule has 0 saturated heterocycles. The van der Waals surface area contributed by atoms with E-state index in [1.807, 2.05) is 0 Å². The Hall–Kier alpha value is -2.18. The molecule has 108 valence electrons. The highest BCUT2D eigenvalue weighted by Gasteiger charge is 2.14. The first kappa shape index (κ1) is 6.51. The Morgan fingerprint density at radius 3 is 3.00 bits per heavy atom. The van der Waals surface area contributed by atoms with Crippen molar-refractivity contribution in [1.82, 2.24) is 18.7 Å². The molecule has 0 bridgehead atoms. The lowest BCUT2D eigenvalue weighted by molar-refractivity contribution is -0.117. The van der Waals surface area contributed by atoms with Gasteiger partial charge in [-0.1, -0.05) is 0 Å². The minimum atomic E-state index is -3.13. The van der Waals surface area contributed by atoms with Crippen molar-refractivity contribution in [2.24, 2.45) is 14.0 Å². The van der Waals surface area contributed by atoms with Gasteiger partial charge in [-0.25, -0.2) is 9.78 Å². The highest BCUT2D eigenvalue weighted by Crippen LogP contribution is 2.04. The zero-order valence-electron chi connectivity index (χ0n) is 19.6. The van der Waals surface area contributed by atoms with E-state index in [0.717, 1.165) is 4.57 Å². The molecule has 0 saturated carbocycles. The Morgan fingerprint density at radius 1 is 1.50 bits per heavy atom. The van der Waals surface area contributed by atoms with Crippen LogP contribution in [-0.4, -0.2) is 24.5 Å². The van der Waals surface area contributed by atoms with Gasteiger partial charge in [0.1, 0.15) is 7.15 Å². The number of imidazole rings is 1. The van der Waals surface area contributed by atoms with Crippen LogP contribution < -0.4 is 11.2 Å². The first-order chi connectivity index (χ1) is 13.0. The zero-order chi connectivity index (χ0) is 22.5. The van der Waals surface area contributed by atoms with Crippen molar-refractivity contribution in [3.05, 3.63) is 27.1 Å². The number of aryl methyl sites for hydroxylation is 2. The summed E-state index contributed by atoms with van der Waals surface area (Å²) in [4.78, 5) is 40.5. The van der Waals surface area contributed by atoms with Gasteiger partial charge in [-0.05, 0) is 19.7 Å². The maximum atomic E-state index is 12.7. The first-order valence-corrected chi connectivity index (χ1v) is 5.74. The predicted octanol–water partition coefficient (Wildman–Crippen LogP) is 0.193. The van der Waals surface area contributed by atoms with Crippen molar-refractivity contribution in [2.45, 2.75) is 32.6 Å². The van der Waals surface area contributed by atoms with E-state index in [-0.39, 0.29) is 12.1 Å². The highest BCUT2D eigenvalue weighted by molar-refractivity contribution is 5.75. The summed E-state index contributed by atoms with van der Waals surface area (Å²) in [5.74, 6) is -1.58. The smallest absolute Gasteiger partial charge is 0.328 e. The van der Waals surface area contributed by atoms with E-state index < -0.39 is 62.0 Å². The molecule has 0 amide bonds. The summed E-state index contributed by atoms with van der Waals surface area (Å²) in [6.45, 7) is -6.43. The lowest BCUT2D eigenvalue weighted by Crippen LogP contribution is -2.39. The zero-order valence-corrected chi connectivity index (χ0v) is 10.6. The number of aromatic nitrogens is 4. The van der Waals surface area contributed by atoms with Crippen molar-refractivity contribution in [3.63, 3.8) is 0 Å². The summed E-state index contributed by atoms with van der Waals surface area (Å²) in [5.41, 5.74) is -2.68. The summed E-state index contributed by atoms with van der Waals surface area (Å²) < 4.78 is 68.4. The number of hydrogen-bond donors (Lipinski definition) is 0. The number of fused-ring (bicyclic) bond motifs is 1. The fourth-order valence-electron chi connectivity index (χ4n) is 1.85. The molecule has 7 nitrogen and oxygen atoms in total. The van der Waals surface area contributed by atoms with E-state index in [1.165, 1.54) is 7.05 Å². The number of carbonyl (C=O) groups is 1. The maximum Gasteiger partial charge on any atom is 0.332 e. The van der Waals surface area contributed by atoms with Crippen molar-refractivity contribution >= 4 is 16.9 Å². The van der Waals surface area contributed by atoms with Crippen molar-refractivity contribution in [3.8, 4) is 0 Å². The van der Waals surface area contributed by atoms with Gasteiger partial charge in [0, 0.05) is 37.9 Å². The molecule has 0 aliphatic heterocycles. The van der Waals surface area contributed by atoms with Crippen LogP contribution in [0.2, 0.25) is 0 Å². The summed E-state index contributed by atoms with van der Waals surface area (Å²) in [6, 6.07) is 0. The molecule has 2 heterocycles. The lowest BCUT2D eigenvalue weighted by Gasteiger charge is -2.08. The van der Waals surface area contributed by atoms with E-state index in [1.54, 1.807) is 0 Å². The van der Waals surface area contributed by atoms with E-state index >= 15 is 0 Å². The number of rotatable bonds is 5. The first-order valence-electron chi connectivity index (χ1n) is 10.2. The number of ketones is 1. The fraction of sp³-hybridized carbons (Fsp3) is 0.538. The number of Topliss-reactive ketones (excluding diaryl/α,β-unsaturated/α-hetero) is 1. The predicted molar refractivity (Wildman–Crippen MR) is 74.7 cm³/mol. The second-order valence-corrected chi connectivity index (χ2v) is 4.13. The van der Waals surface area contributed by atoms with Gasteiger partial charge in [-0.2, -0.15) is 0 Å². The number of carbonyl (C=O) groups excluding carboxylic acids is 1. The lowest BCUT2D eigenvalue weighted by atomic mass is 10.2. The van der Waals surface area contributed by atoms with Crippen molar-refractivity contribution < 1.29 is 17.1 Å². The van der Waals surface area contributed by atoms with Crippen LogP contribution in [-0.2, 0) is 25.4 Å². The van der Waals surface area contributed by atoms with Crippen LogP contribution in [0, 0.1) is 0 Å². The van der Waals surface area contributed by atoms with Gasteiger partial charge < -0.3 is 9.36 Å². The molecule has 7 heteroatoms. The molecular weight excluding hydrogens is 260 g/mol. The van der Waals surface area contributed by atoms with Crippen molar-refractivity contribution in [2.75, 3.05) is 0 Å². The van der Waals surface area contributed by atoms with Crippen LogP contribution in [0.5, 0.6) is 0 Å². The monoisotopic (exact) mass is 287 g/mol. The molecule has 0 aliphatic carbocycles. The molecule has 2 aromatic heterocycles. The molecule has 0 aliphatic rings. The SMILES string of the molecule is [2H]c1nc2c(c(=O)n(CCCC([2H])([2H])C(=O)C([2H])([2H])[2H])c(=O)n2C)n1C([2H])([2H])[2H]. The van der Waals surface area contributed by atoms with Gasteiger partial charge in [0.15, 0.2) is 11.2 Å². The third kappa shape index (κ3) is 2.43. The molecule has 2 rings (SSSR count). The second-order valence-electron chi connectivity index (χ2n) is 4.13. The van der Waals surface area contributed by atoms with Gasteiger partial charge in [0.25, 0.3) is 5.56 Å². The molecule has 2 aromatic rings. The van der Waals surface area contributed by atoms with Crippen LogP contribution in [0.3, 0.4) is 0 Å². The Balaban J connectivity index is 2.46. The van der Waals surface area contributed by atoms with Gasteiger partial charge in [0.2, 0.25) is 0 Å². The van der Waals surface area contributed by atoms with Gasteiger partial charge in [-0.15, -0.1) is 0 Å². The average molecular weight is 287 g/mol. The molecule has 0 atom stereocenters. The minimum Gasteiger partial charge on any atom is -0.328 e. The molecule has 0 aromatic carbocycles. The van der Waals surface area contributed by atoms with Crippen LogP contribution in [0.1, 0.15) is 38.4 Å². The van der Waals surface area contributed by atoms with E-state index in [9.17, 15) is 14.4 Å². The fourth-order valence-corrected chi connectivity index (χ4v) is 1.85. The van der Waals surface area contributed by atoms with Gasteiger partial charge in [-0.3, -0.25) is 13.9 Å². The standard InChI is InChI=1S/C13H18N4O3/c1-9(18)6-4-5-7-17-12(19)10-11(14-8-15(10)2)16(3)13(17)20/h8H,4-7H2,1-3H3/i1D3,2D3,6D2,8D.